The van der Waals surface area contributed by atoms with Crippen LogP contribution in [0.2, 0.25) is 0 Å². The fourth-order valence-electron chi connectivity index (χ4n) is 3.12. The summed E-state index contributed by atoms with van der Waals surface area (Å²) in [6, 6.07) is 19.9. The summed E-state index contributed by atoms with van der Waals surface area (Å²) in [5.41, 5.74) is 4.92. The molecule has 1 amide bonds. The second-order valence-electron chi connectivity index (χ2n) is 5.64. The van der Waals surface area contributed by atoms with Gasteiger partial charge in [0.25, 0.3) is 5.91 Å². The van der Waals surface area contributed by atoms with E-state index in [1.807, 2.05) is 47.4 Å². The van der Waals surface area contributed by atoms with Crippen LogP contribution in [0.25, 0.3) is 0 Å². The van der Waals surface area contributed by atoms with Gasteiger partial charge in [-0.2, -0.15) is 0 Å². The van der Waals surface area contributed by atoms with E-state index in [9.17, 15) is 4.79 Å². The first-order valence-corrected chi connectivity index (χ1v) is 7.75. The van der Waals surface area contributed by atoms with Crippen molar-refractivity contribution < 1.29 is 4.79 Å². The number of nitrogens with zero attached hydrogens (tertiary/aromatic N) is 2. The Labute approximate surface area is 135 Å². The molecule has 2 heterocycles. The van der Waals surface area contributed by atoms with Crippen molar-refractivity contribution in [3.05, 3.63) is 89.7 Å². The second-order valence-corrected chi connectivity index (χ2v) is 5.64. The Morgan fingerprint density at radius 2 is 1.43 bits per heavy atom. The summed E-state index contributed by atoms with van der Waals surface area (Å²) in [4.78, 5) is 19.1. The van der Waals surface area contributed by atoms with Crippen LogP contribution in [0.4, 0.5) is 11.4 Å². The third kappa shape index (κ3) is 2.40. The number of carbonyl (C=O) groups is 1. The molecule has 0 spiro atoms. The molecule has 1 aromatic heterocycles. The molecule has 1 aliphatic rings. The Bertz CT molecular complexity index is 811. The third-order valence-corrected chi connectivity index (χ3v) is 4.24. The van der Waals surface area contributed by atoms with E-state index in [1.54, 1.807) is 18.5 Å². The second kappa shape index (κ2) is 5.69. The van der Waals surface area contributed by atoms with Gasteiger partial charge >= 0.3 is 0 Å². The summed E-state index contributed by atoms with van der Waals surface area (Å²) < 4.78 is 0. The summed E-state index contributed by atoms with van der Waals surface area (Å²) in [5, 5.41) is 0. The Hall–Kier alpha value is -2.94. The largest absolute Gasteiger partial charge is 0.276 e. The average molecular weight is 300 g/mol. The van der Waals surface area contributed by atoms with Crippen LogP contribution in [-0.4, -0.2) is 10.9 Å². The molecule has 4 rings (SSSR count). The lowest BCUT2D eigenvalue weighted by molar-refractivity contribution is 0.0999. The van der Waals surface area contributed by atoms with Crippen molar-refractivity contribution in [1.29, 1.82) is 0 Å². The van der Waals surface area contributed by atoms with Crippen LogP contribution in [0.15, 0.2) is 73.1 Å². The molecule has 0 atom stereocenters. The van der Waals surface area contributed by atoms with Crippen LogP contribution in [0.1, 0.15) is 21.5 Å². The summed E-state index contributed by atoms with van der Waals surface area (Å²) in [5.74, 6) is -0.0418. The standard InChI is InChI=1S/C20H16N2O/c23-20(17-8-5-13-21-14-17)22-18-9-3-1-6-15(18)11-12-16-7-2-4-10-19(16)22/h1-10,13-14H,11-12H2. The molecule has 1 aliphatic heterocycles. The predicted molar refractivity (Wildman–Crippen MR) is 91.0 cm³/mol. The van der Waals surface area contributed by atoms with E-state index in [4.69, 9.17) is 0 Å². The minimum atomic E-state index is -0.0418. The number of aromatic nitrogens is 1. The maximum Gasteiger partial charge on any atom is 0.264 e. The smallest absolute Gasteiger partial charge is 0.264 e. The van der Waals surface area contributed by atoms with Crippen LogP contribution < -0.4 is 4.90 Å². The highest BCUT2D eigenvalue weighted by Gasteiger charge is 2.26. The van der Waals surface area contributed by atoms with Crippen molar-refractivity contribution in [2.45, 2.75) is 12.8 Å². The zero-order valence-corrected chi connectivity index (χ0v) is 12.6. The normalized spacial score (nSPS) is 13.0. The number of benzene rings is 2. The van der Waals surface area contributed by atoms with E-state index in [0.717, 1.165) is 24.2 Å². The van der Waals surface area contributed by atoms with Crippen LogP contribution in [0.3, 0.4) is 0 Å². The first-order chi connectivity index (χ1) is 11.3. The summed E-state index contributed by atoms with van der Waals surface area (Å²) in [6.45, 7) is 0. The molecule has 0 aliphatic carbocycles. The van der Waals surface area contributed by atoms with E-state index in [1.165, 1.54) is 11.1 Å². The maximum atomic E-state index is 13.2. The molecule has 112 valence electrons. The Kier molecular flexibility index (Phi) is 3.39. The predicted octanol–water partition coefficient (Wildman–Crippen LogP) is 4.16. The summed E-state index contributed by atoms with van der Waals surface area (Å²) in [6.07, 6.45) is 5.17. The van der Waals surface area contributed by atoms with Gasteiger partial charge < -0.3 is 0 Å². The lowest BCUT2D eigenvalue weighted by Gasteiger charge is -2.25. The number of carbonyl (C=O) groups excluding carboxylic acids is 1. The highest BCUT2D eigenvalue weighted by molar-refractivity contribution is 6.11. The molecule has 0 unspecified atom stereocenters. The molecule has 3 aromatic rings. The van der Waals surface area contributed by atoms with E-state index >= 15 is 0 Å². The molecule has 2 aromatic carbocycles. The van der Waals surface area contributed by atoms with Gasteiger partial charge in [-0.05, 0) is 48.2 Å². The third-order valence-electron chi connectivity index (χ3n) is 4.24. The summed E-state index contributed by atoms with van der Waals surface area (Å²) >= 11 is 0. The highest BCUT2D eigenvalue weighted by Crippen LogP contribution is 2.36. The van der Waals surface area contributed by atoms with E-state index < -0.39 is 0 Å². The van der Waals surface area contributed by atoms with Gasteiger partial charge in [0.15, 0.2) is 0 Å². The molecule has 0 bridgehead atoms. The molecular formula is C20H16N2O. The van der Waals surface area contributed by atoms with Gasteiger partial charge in [0.05, 0.1) is 16.9 Å². The van der Waals surface area contributed by atoms with Crippen molar-refractivity contribution in [3.8, 4) is 0 Å². The zero-order valence-electron chi connectivity index (χ0n) is 12.6. The van der Waals surface area contributed by atoms with Gasteiger partial charge in [0, 0.05) is 12.4 Å². The summed E-state index contributed by atoms with van der Waals surface area (Å²) in [7, 11) is 0. The molecule has 3 heteroatoms. The van der Waals surface area contributed by atoms with E-state index in [-0.39, 0.29) is 5.91 Å². The van der Waals surface area contributed by atoms with E-state index in [2.05, 4.69) is 17.1 Å². The van der Waals surface area contributed by atoms with Crippen molar-refractivity contribution in [2.75, 3.05) is 4.90 Å². The van der Waals surface area contributed by atoms with Crippen LogP contribution in [0.5, 0.6) is 0 Å². The number of para-hydroxylation sites is 2. The van der Waals surface area contributed by atoms with Crippen LogP contribution >= 0.6 is 0 Å². The Balaban J connectivity index is 1.92. The quantitative estimate of drug-likeness (QED) is 0.676. The number of hydrogen-bond acceptors (Lipinski definition) is 2. The molecule has 0 radical (unpaired) electrons. The van der Waals surface area contributed by atoms with Gasteiger partial charge in [-0.1, -0.05) is 36.4 Å². The highest BCUT2D eigenvalue weighted by atomic mass is 16.2. The SMILES string of the molecule is O=C(c1cccnc1)N1c2ccccc2CCc2ccccc21. The van der Waals surface area contributed by atoms with Crippen molar-refractivity contribution in [3.63, 3.8) is 0 Å². The average Bonchev–Trinajstić information content (AvgIpc) is 2.79. The lowest BCUT2D eigenvalue weighted by Crippen LogP contribution is -2.27. The van der Waals surface area contributed by atoms with Gasteiger partial charge in [0.2, 0.25) is 0 Å². The van der Waals surface area contributed by atoms with Crippen LogP contribution in [-0.2, 0) is 12.8 Å². The monoisotopic (exact) mass is 300 g/mol. The number of pyridine rings is 1. The number of anilines is 2. The van der Waals surface area contributed by atoms with Gasteiger partial charge in [-0.3, -0.25) is 14.7 Å². The molecule has 0 fully saturated rings. The van der Waals surface area contributed by atoms with Crippen molar-refractivity contribution in [2.24, 2.45) is 0 Å². The van der Waals surface area contributed by atoms with Gasteiger partial charge in [0.1, 0.15) is 0 Å². The fourth-order valence-corrected chi connectivity index (χ4v) is 3.12. The van der Waals surface area contributed by atoms with E-state index in [0.29, 0.717) is 5.56 Å². The number of amides is 1. The number of aryl methyl sites for hydroxylation is 2. The number of fused-ring (bicyclic) bond motifs is 2. The minimum absolute atomic E-state index is 0.0418. The van der Waals surface area contributed by atoms with Gasteiger partial charge in [-0.15, -0.1) is 0 Å². The minimum Gasteiger partial charge on any atom is -0.276 e. The van der Waals surface area contributed by atoms with Gasteiger partial charge in [-0.25, -0.2) is 0 Å². The molecule has 3 nitrogen and oxygen atoms in total. The first kappa shape index (κ1) is 13.7. The number of rotatable bonds is 1. The molecule has 23 heavy (non-hydrogen) atoms. The molecule has 0 saturated carbocycles. The van der Waals surface area contributed by atoms with Crippen molar-refractivity contribution >= 4 is 17.3 Å². The Morgan fingerprint density at radius 1 is 0.826 bits per heavy atom. The lowest BCUT2D eigenvalue weighted by atomic mass is 10.0. The zero-order chi connectivity index (χ0) is 15.6. The fraction of sp³-hybridized carbons (Fsp3) is 0.100. The topological polar surface area (TPSA) is 33.2 Å². The molecule has 0 N–H and O–H groups in total. The van der Waals surface area contributed by atoms with Crippen molar-refractivity contribution in [1.82, 2.24) is 4.98 Å². The van der Waals surface area contributed by atoms with Crippen LogP contribution in [0, 0.1) is 0 Å². The molecule has 0 saturated heterocycles. The Morgan fingerprint density at radius 3 is 2.00 bits per heavy atom. The molecular weight excluding hydrogens is 284 g/mol. The number of hydrogen-bond donors (Lipinski definition) is 0. The first-order valence-electron chi connectivity index (χ1n) is 7.75. The maximum absolute atomic E-state index is 13.2.